The van der Waals surface area contributed by atoms with Crippen molar-refractivity contribution in [1.82, 2.24) is 0 Å². The average molecular weight is 331 g/mol. The average Bonchev–Trinajstić information content (AvgIpc) is 2.53. The van der Waals surface area contributed by atoms with Crippen LogP contribution in [0.15, 0.2) is 30.3 Å². The van der Waals surface area contributed by atoms with Gasteiger partial charge < -0.3 is 4.74 Å². The van der Waals surface area contributed by atoms with E-state index in [-0.39, 0.29) is 17.8 Å². The minimum Gasteiger partial charge on any atom is -0.459 e. The van der Waals surface area contributed by atoms with Crippen molar-refractivity contribution >= 4 is 17.7 Å². The second-order valence-corrected chi connectivity index (χ2v) is 6.98. The third-order valence-electron chi connectivity index (χ3n) is 4.74. The van der Waals surface area contributed by atoms with Gasteiger partial charge in [0.15, 0.2) is 0 Å². The number of rotatable bonds is 5. The second kappa shape index (κ2) is 8.08. The van der Waals surface area contributed by atoms with Crippen LogP contribution in [-0.2, 0) is 9.53 Å². The summed E-state index contributed by atoms with van der Waals surface area (Å²) in [6, 6.07) is 6.06. The number of non-ortho nitro benzene ring substituents is 1. The van der Waals surface area contributed by atoms with Crippen LogP contribution in [0.25, 0.3) is 6.08 Å². The number of carbonyl (C=O) groups is 1. The molecular formula is C19H25NO4. The third-order valence-corrected chi connectivity index (χ3v) is 4.74. The van der Waals surface area contributed by atoms with Crippen LogP contribution in [0.1, 0.15) is 45.6 Å². The Bertz CT molecular complexity index is 606. The van der Waals surface area contributed by atoms with Crippen molar-refractivity contribution < 1.29 is 14.5 Å². The van der Waals surface area contributed by atoms with Crippen molar-refractivity contribution in [2.45, 2.75) is 46.1 Å². The van der Waals surface area contributed by atoms with Crippen LogP contribution in [0.4, 0.5) is 5.69 Å². The van der Waals surface area contributed by atoms with Gasteiger partial charge >= 0.3 is 5.97 Å². The zero-order chi connectivity index (χ0) is 17.7. The first-order valence-electron chi connectivity index (χ1n) is 8.50. The summed E-state index contributed by atoms with van der Waals surface area (Å²) in [5.41, 5.74) is 0.765. The molecule has 0 bridgehead atoms. The number of hydrogen-bond donors (Lipinski definition) is 0. The van der Waals surface area contributed by atoms with E-state index in [1.165, 1.54) is 24.6 Å². The van der Waals surface area contributed by atoms with Crippen molar-refractivity contribution in [3.63, 3.8) is 0 Å². The summed E-state index contributed by atoms with van der Waals surface area (Å²) >= 11 is 0. The van der Waals surface area contributed by atoms with E-state index in [1.54, 1.807) is 18.2 Å². The normalized spacial score (nSPS) is 24.2. The number of hydrogen-bond acceptors (Lipinski definition) is 4. The van der Waals surface area contributed by atoms with E-state index in [2.05, 4.69) is 20.8 Å². The summed E-state index contributed by atoms with van der Waals surface area (Å²) in [6.45, 7) is 6.55. The van der Waals surface area contributed by atoms with Gasteiger partial charge in [-0.1, -0.05) is 27.2 Å². The first-order chi connectivity index (χ1) is 11.4. The Morgan fingerprint density at radius 1 is 1.29 bits per heavy atom. The monoisotopic (exact) mass is 331 g/mol. The molecule has 0 N–H and O–H groups in total. The molecule has 1 aliphatic rings. The first kappa shape index (κ1) is 18.2. The number of nitro benzene ring substituents is 1. The maximum absolute atomic E-state index is 12.1. The van der Waals surface area contributed by atoms with Crippen molar-refractivity contribution in [3.8, 4) is 0 Å². The largest absolute Gasteiger partial charge is 0.459 e. The quantitative estimate of drug-likeness (QED) is 0.342. The fraction of sp³-hybridized carbons (Fsp3) is 0.526. The Kier molecular flexibility index (Phi) is 6.12. The minimum absolute atomic E-state index is 0.0252. The van der Waals surface area contributed by atoms with Crippen molar-refractivity contribution in [1.29, 1.82) is 0 Å². The predicted octanol–water partition coefficient (Wildman–Crippen LogP) is 4.61. The van der Waals surface area contributed by atoms with Gasteiger partial charge in [-0.3, -0.25) is 10.1 Å². The van der Waals surface area contributed by atoms with Gasteiger partial charge in [0.05, 0.1) is 4.92 Å². The zero-order valence-corrected chi connectivity index (χ0v) is 14.5. The molecule has 0 aliphatic heterocycles. The number of nitro groups is 1. The molecule has 5 nitrogen and oxygen atoms in total. The van der Waals surface area contributed by atoms with Crippen molar-refractivity contribution in [2.24, 2.45) is 17.8 Å². The van der Waals surface area contributed by atoms with E-state index in [0.717, 1.165) is 18.4 Å². The van der Waals surface area contributed by atoms with E-state index in [4.69, 9.17) is 4.74 Å². The second-order valence-electron chi connectivity index (χ2n) is 6.98. The standard InChI is InChI=1S/C19H25NO4/c1-13(2)17-10-4-14(3)12-18(17)24-19(21)11-7-15-5-8-16(9-6-15)20(22)23/h5-9,11,13-14,17-18H,4,10,12H2,1-3H3/b11-7+. The summed E-state index contributed by atoms with van der Waals surface area (Å²) in [4.78, 5) is 22.3. The van der Waals surface area contributed by atoms with Crippen molar-refractivity contribution in [2.75, 3.05) is 0 Å². The molecule has 1 aliphatic carbocycles. The Labute approximate surface area is 142 Å². The summed E-state index contributed by atoms with van der Waals surface area (Å²) in [5.74, 6) is 1.14. The predicted molar refractivity (Wildman–Crippen MR) is 93.4 cm³/mol. The number of ether oxygens (including phenoxy) is 1. The highest BCUT2D eigenvalue weighted by Gasteiger charge is 2.32. The number of esters is 1. The summed E-state index contributed by atoms with van der Waals surface area (Å²) in [7, 11) is 0. The molecule has 130 valence electrons. The van der Waals surface area contributed by atoms with Gasteiger partial charge in [0.1, 0.15) is 6.10 Å². The lowest BCUT2D eigenvalue weighted by atomic mass is 9.75. The molecule has 5 heteroatoms. The molecule has 0 saturated heterocycles. The lowest BCUT2D eigenvalue weighted by Crippen LogP contribution is -2.35. The van der Waals surface area contributed by atoms with Crippen LogP contribution in [0.3, 0.4) is 0 Å². The Morgan fingerprint density at radius 2 is 1.96 bits per heavy atom. The highest BCUT2D eigenvalue weighted by molar-refractivity contribution is 5.87. The van der Waals surface area contributed by atoms with Crippen LogP contribution < -0.4 is 0 Å². The van der Waals surface area contributed by atoms with Crippen LogP contribution in [0.5, 0.6) is 0 Å². The molecule has 0 heterocycles. The van der Waals surface area contributed by atoms with E-state index < -0.39 is 4.92 Å². The highest BCUT2D eigenvalue weighted by Crippen LogP contribution is 2.35. The molecule has 24 heavy (non-hydrogen) atoms. The van der Waals surface area contributed by atoms with Crippen LogP contribution in [0.2, 0.25) is 0 Å². The van der Waals surface area contributed by atoms with Crippen molar-refractivity contribution in [3.05, 3.63) is 46.0 Å². The van der Waals surface area contributed by atoms with Crippen LogP contribution in [-0.4, -0.2) is 17.0 Å². The maximum atomic E-state index is 12.1. The van der Waals surface area contributed by atoms with E-state index >= 15 is 0 Å². The van der Waals surface area contributed by atoms with E-state index in [9.17, 15) is 14.9 Å². The fourth-order valence-corrected chi connectivity index (χ4v) is 3.31. The molecular weight excluding hydrogens is 306 g/mol. The van der Waals surface area contributed by atoms with Gasteiger partial charge in [-0.15, -0.1) is 0 Å². The van der Waals surface area contributed by atoms with Crippen LogP contribution in [0, 0.1) is 27.9 Å². The summed E-state index contributed by atoms with van der Waals surface area (Å²) < 4.78 is 5.69. The summed E-state index contributed by atoms with van der Waals surface area (Å²) in [5, 5.41) is 10.6. The Hall–Kier alpha value is -2.17. The van der Waals surface area contributed by atoms with Gasteiger partial charge in [-0.25, -0.2) is 4.79 Å². The molecule has 0 radical (unpaired) electrons. The molecule has 2 rings (SSSR count). The maximum Gasteiger partial charge on any atom is 0.331 e. The lowest BCUT2D eigenvalue weighted by Gasteiger charge is -2.36. The van der Waals surface area contributed by atoms with Gasteiger partial charge in [0.2, 0.25) is 0 Å². The third kappa shape index (κ3) is 4.91. The number of carbonyl (C=O) groups excluding carboxylic acids is 1. The van der Waals surface area contributed by atoms with E-state index in [1.807, 2.05) is 0 Å². The topological polar surface area (TPSA) is 69.4 Å². The smallest absolute Gasteiger partial charge is 0.331 e. The first-order valence-corrected chi connectivity index (χ1v) is 8.50. The van der Waals surface area contributed by atoms with Gasteiger partial charge in [-0.2, -0.15) is 0 Å². The molecule has 0 amide bonds. The Morgan fingerprint density at radius 3 is 2.54 bits per heavy atom. The van der Waals surface area contributed by atoms with Gasteiger partial charge in [-0.05, 0) is 54.4 Å². The summed E-state index contributed by atoms with van der Waals surface area (Å²) in [6.07, 6.45) is 6.21. The molecule has 3 unspecified atom stereocenters. The molecule has 0 aromatic heterocycles. The SMILES string of the molecule is CC1CCC(C(C)C)C(OC(=O)/C=C/c2ccc([N+](=O)[O-])cc2)C1. The van der Waals surface area contributed by atoms with Gasteiger partial charge in [0.25, 0.3) is 5.69 Å². The zero-order valence-electron chi connectivity index (χ0n) is 14.5. The Balaban J connectivity index is 1.96. The number of nitrogens with zero attached hydrogens (tertiary/aromatic N) is 1. The van der Waals surface area contributed by atoms with Gasteiger partial charge in [0, 0.05) is 18.2 Å². The molecule has 3 atom stereocenters. The molecule has 1 fully saturated rings. The number of benzene rings is 1. The highest BCUT2D eigenvalue weighted by atomic mass is 16.6. The molecule has 1 saturated carbocycles. The molecule has 0 spiro atoms. The van der Waals surface area contributed by atoms with E-state index in [0.29, 0.717) is 17.8 Å². The lowest BCUT2D eigenvalue weighted by molar-refractivity contribution is -0.384. The molecule has 1 aromatic rings. The molecule has 1 aromatic carbocycles. The fourth-order valence-electron chi connectivity index (χ4n) is 3.31. The minimum atomic E-state index is -0.446. The van der Waals surface area contributed by atoms with Crippen LogP contribution >= 0.6 is 0 Å².